The van der Waals surface area contributed by atoms with Crippen LogP contribution in [-0.4, -0.2) is 51.5 Å². The Balaban J connectivity index is 2.63. The summed E-state index contributed by atoms with van der Waals surface area (Å²) in [5, 5.41) is 0. The van der Waals surface area contributed by atoms with Crippen molar-refractivity contribution in [1.82, 2.24) is 4.90 Å². The van der Waals surface area contributed by atoms with E-state index in [1.165, 1.54) is 19.1 Å². The molecule has 0 spiro atoms. The van der Waals surface area contributed by atoms with Gasteiger partial charge in [0, 0.05) is 39.1 Å². The molecular weight excluding hydrogens is 422 g/mol. The molecule has 0 aromatic heterocycles. The minimum absolute atomic E-state index is 0.373. The molecular formula is C25H35N3O3S. The minimum Gasteiger partial charge on any atom is -0.465 e. The predicted molar refractivity (Wildman–Crippen MR) is 134 cm³/mol. The molecule has 2 aromatic carbocycles. The number of rotatable bonds is 13. The number of methoxy groups -OCH3 is 1. The van der Waals surface area contributed by atoms with Crippen molar-refractivity contribution in [2.45, 2.75) is 44.4 Å². The van der Waals surface area contributed by atoms with E-state index in [4.69, 9.17) is 9.47 Å². The summed E-state index contributed by atoms with van der Waals surface area (Å²) in [7, 11) is 5.23. The van der Waals surface area contributed by atoms with E-state index in [1.807, 2.05) is 55.4 Å². The predicted octanol–water partition coefficient (Wildman–Crippen LogP) is 6.27. The number of anilines is 1. The van der Waals surface area contributed by atoms with Crippen molar-refractivity contribution < 1.29 is 14.3 Å². The van der Waals surface area contributed by atoms with Crippen LogP contribution in [0.3, 0.4) is 0 Å². The Labute approximate surface area is 196 Å². The van der Waals surface area contributed by atoms with Crippen molar-refractivity contribution in [3.8, 4) is 11.5 Å². The van der Waals surface area contributed by atoms with Gasteiger partial charge in [0.05, 0.1) is 29.6 Å². The number of esters is 1. The van der Waals surface area contributed by atoms with Crippen LogP contribution in [-0.2, 0) is 4.74 Å². The van der Waals surface area contributed by atoms with E-state index in [1.54, 1.807) is 12.4 Å². The Morgan fingerprint density at radius 3 is 2.28 bits per heavy atom. The lowest BCUT2D eigenvalue weighted by Crippen LogP contribution is -2.26. The Morgan fingerprint density at radius 2 is 1.72 bits per heavy atom. The lowest BCUT2D eigenvalue weighted by molar-refractivity contribution is 0.0600. The van der Waals surface area contributed by atoms with Crippen LogP contribution in [0, 0.1) is 0 Å². The van der Waals surface area contributed by atoms with Gasteiger partial charge in [0.2, 0.25) is 0 Å². The molecule has 0 radical (unpaired) electrons. The van der Waals surface area contributed by atoms with E-state index in [-0.39, 0.29) is 5.97 Å². The van der Waals surface area contributed by atoms with Gasteiger partial charge in [0.15, 0.2) is 5.75 Å². The summed E-state index contributed by atoms with van der Waals surface area (Å²) in [6.45, 7) is 6.14. The first-order valence-electron chi connectivity index (χ1n) is 11.1. The summed E-state index contributed by atoms with van der Waals surface area (Å²) in [5.41, 5.74) is 1.38. The lowest BCUT2D eigenvalue weighted by Gasteiger charge is -2.28. The van der Waals surface area contributed by atoms with Crippen LogP contribution in [0.5, 0.6) is 11.5 Å². The number of benzene rings is 2. The molecule has 0 saturated heterocycles. The first kappa shape index (κ1) is 25.6. The van der Waals surface area contributed by atoms with Crippen molar-refractivity contribution in [3.63, 3.8) is 0 Å². The first-order valence-corrected chi connectivity index (χ1v) is 11.9. The van der Waals surface area contributed by atoms with Gasteiger partial charge in [0.25, 0.3) is 0 Å². The molecule has 0 atom stereocenters. The van der Waals surface area contributed by atoms with Gasteiger partial charge in [-0.1, -0.05) is 44.9 Å². The number of hydrogen-bond donors (Lipinski definition) is 0. The smallest absolute Gasteiger partial charge is 0.337 e. The highest BCUT2D eigenvalue weighted by atomic mass is 32.2. The van der Waals surface area contributed by atoms with Crippen LogP contribution < -0.4 is 9.64 Å². The van der Waals surface area contributed by atoms with E-state index in [0.717, 1.165) is 55.1 Å². The third kappa shape index (κ3) is 7.79. The van der Waals surface area contributed by atoms with Crippen molar-refractivity contribution in [3.05, 3.63) is 48.0 Å². The summed E-state index contributed by atoms with van der Waals surface area (Å²) < 4.78 is 15.9. The fourth-order valence-electron chi connectivity index (χ4n) is 3.06. The summed E-state index contributed by atoms with van der Waals surface area (Å²) in [6.07, 6.45) is 6.01. The molecule has 0 amide bonds. The molecule has 174 valence electrons. The summed E-state index contributed by atoms with van der Waals surface area (Å²) in [6, 6.07) is 13.4. The maximum absolute atomic E-state index is 12.5. The number of carbonyl (C=O) groups is 1. The zero-order valence-corrected chi connectivity index (χ0v) is 20.7. The van der Waals surface area contributed by atoms with Crippen molar-refractivity contribution >= 4 is 29.9 Å². The van der Waals surface area contributed by atoms with Gasteiger partial charge in [-0.2, -0.15) is 0 Å². The molecule has 0 aliphatic carbocycles. The van der Waals surface area contributed by atoms with Gasteiger partial charge in [-0.15, -0.1) is 0 Å². The van der Waals surface area contributed by atoms with Crippen molar-refractivity contribution in [1.29, 1.82) is 0 Å². The summed E-state index contributed by atoms with van der Waals surface area (Å²) >= 11 is 1.28. The maximum atomic E-state index is 12.5. The fraction of sp³-hybridized carbons (Fsp3) is 0.440. The van der Waals surface area contributed by atoms with Crippen LogP contribution in [0.2, 0.25) is 0 Å². The summed E-state index contributed by atoms with van der Waals surface area (Å²) in [5.74, 6) is 1.07. The van der Waals surface area contributed by atoms with Gasteiger partial charge in [-0.05, 0) is 37.1 Å². The first-order chi connectivity index (χ1) is 15.5. The molecule has 32 heavy (non-hydrogen) atoms. The zero-order valence-electron chi connectivity index (χ0n) is 19.8. The molecule has 0 saturated carbocycles. The van der Waals surface area contributed by atoms with Crippen LogP contribution in [0.15, 0.2) is 51.8 Å². The van der Waals surface area contributed by atoms with Crippen LogP contribution in [0.4, 0.5) is 5.69 Å². The zero-order chi connectivity index (χ0) is 23.3. The number of unbranched alkanes of at least 4 members (excludes halogenated alkanes) is 2. The van der Waals surface area contributed by atoms with Crippen molar-refractivity contribution in [2.75, 3.05) is 39.2 Å². The highest BCUT2D eigenvalue weighted by molar-refractivity contribution is 7.98. The molecule has 6 nitrogen and oxygen atoms in total. The highest BCUT2D eigenvalue weighted by Crippen LogP contribution is 2.43. The van der Waals surface area contributed by atoms with Gasteiger partial charge < -0.3 is 19.3 Å². The molecule has 0 unspecified atom stereocenters. The molecule has 0 fully saturated rings. The number of para-hydroxylation sites is 1. The maximum Gasteiger partial charge on any atom is 0.337 e. The largest absolute Gasteiger partial charge is 0.465 e. The Kier molecular flexibility index (Phi) is 10.9. The van der Waals surface area contributed by atoms with Gasteiger partial charge in [-0.3, -0.25) is 0 Å². The van der Waals surface area contributed by atoms with E-state index in [9.17, 15) is 4.79 Å². The average molecular weight is 458 g/mol. The standard InChI is InChI=1S/C25H35N3O3S/c1-6-8-15-28(16-9-7-2)22-17-20(25(29)30-5)18-23(32-26-19-27(3)4)24(22)31-21-13-11-10-12-14-21/h10-14,17-19H,6-9,15-16H2,1-5H3/b26-19+. The topological polar surface area (TPSA) is 54.4 Å². The third-order valence-electron chi connectivity index (χ3n) is 4.75. The van der Waals surface area contributed by atoms with E-state index in [0.29, 0.717) is 11.3 Å². The van der Waals surface area contributed by atoms with Crippen LogP contribution in [0.25, 0.3) is 0 Å². The Bertz CT molecular complexity index is 864. The second-order valence-electron chi connectivity index (χ2n) is 7.70. The number of carbonyl (C=O) groups excluding carboxylic acids is 1. The normalized spacial score (nSPS) is 10.9. The third-order valence-corrected chi connectivity index (χ3v) is 5.45. The van der Waals surface area contributed by atoms with Crippen LogP contribution in [0.1, 0.15) is 49.9 Å². The van der Waals surface area contributed by atoms with E-state index >= 15 is 0 Å². The quantitative estimate of drug-likeness (QED) is 0.153. The molecule has 2 rings (SSSR count). The molecule has 0 heterocycles. The fourth-order valence-corrected chi connectivity index (χ4v) is 3.82. The minimum atomic E-state index is -0.373. The average Bonchev–Trinajstić information content (AvgIpc) is 2.80. The van der Waals surface area contributed by atoms with Crippen LogP contribution >= 0.6 is 11.9 Å². The van der Waals surface area contributed by atoms with Gasteiger partial charge >= 0.3 is 5.97 Å². The number of ether oxygens (including phenoxy) is 2. The van der Waals surface area contributed by atoms with Crippen molar-refractivity contribution in [2.24, 2.45) is 4.40 Å². The van der Waals surface area contributed by atoms with Gasteiger partial charge in [0.1, 0.15) is 5.75 Å². The lowest BCUT2D eigenvalue weighted by atomic mass is 10.1. The SMILES string of the molecule is CCCCN(CCCC)c1cc(C(=O)OC)cc(S/N=C/N(C)C)c1Oc1ccccc1. The highest BCUT2D eigenvalue weighted by Gasteiger charge is 2.22. The molecule has 0 N–H and O–H groups in total. The Hall–Kier alpha value is -2.67. The molecule has 0 aliphatic heterocycles. The van der Waals surface area contributed by atoms with Gasteiger partial charge in [-0.25, -0.2) is 9.19 Å². The van der Waals surface area contributed by atoms with E-state index < -0.39 is 0 Å². The number of nitrogens with zero attached hydrogens (tertiary/aromatic N) is 3. The monoisotopic (exact) mass is 457 g/mol. The van der Waals surface area contributed by atoms with E-state index in [2.05, 4.69) is 23.1 Å². The second-order valence-corrected chi connectivity index (χ2v) is 8.53. The molecule has 7 heteroatoms. The summed E-state index contributed by atoms with van der Waals surface area (Å²) in [4.78, 5) is 17.4. The molecule has 2 aromatic rings. The molecule has 0 bridgehead atoms. The Morgan fingerprint density at radius 1 is 1.06 bits per heavy atom. The molecule has 0 aliphatic rings. The number of hydrogen-bond acceptors (Lipinski definition) is 6. The second kappa shape index (κ2) is 13.7.